The van der Waals surface area contributed by atoms with Crippen LogP contribution in [0.5, 0.6) is 11.5 Å². The molecule has 3 rings (SSSR count). The van der Waals surface area contributed by atoms with E-state index in [1.54, 1.807) is 13.2 Å². The highest BCUT2D eigenvalue weighted by molar-refractivity contribution is 5.94. The van der Waals surface area contributed by atoms with Crippen LogP contribution in [0.1, 0.15) is 15.9 Å². The first-order valence-electron chi connectivity index (χ1n) is 7.03. The van der Waals surface area contributed by atoms with Gasteiger partial charge in [0.25, 0.3) is 5.91 Å². The molecule has 0 aromatic heterocycles. The van der Waals surface area contributed by atoms with Crippen LogP contribution in [0, 0.1) is 5.82 Å². The van der Waals surface area contributed by atoms with Gasteiger partial charge in [-0.1, -0.05) is 6.07 Å². The van der Waals surface area contributed by atoms with Crippen LogP contribution in [0.4, 0.5) is 4.39 Å². The van der Waals surface area contributed by atoms with Gasteiger partial charge in [-0.2, -0.15) is 0 Å². The normalized spacial score (nSPS) is 15.8. The van der Waals surface area contributed by atoms with Crippen molar-refractivity contribution in [3.05, 3.63) is 59.4 Å². The molecule has 1 aliphatic rings. The number of rotatable bonds is 4. The van der Waals surface area contributed by atoms with Crippen molar-refractivity contribution in [3.63, 3.8) is 0 Å². The van der Waals surface area contributed by atoms with E-state index in [1.807, 2.05) is 18.2 Å². The molecule has 0 saturated carbocycles. The van der Waals surface area contributed by atoms with Gasteiger partial charge in [0.2, 0.25) is 0 Å². The fourth-order valence-electron chi connectivity index (χ4n) is 2.48. The van der Waals surface area contributed by atoms with Gasteiger partial charge in [-0.15, -0.1) is 0 Å². The molecule has 0 bridgehead atoms. The summed E-state index contributed by atoms with van der Waals surface area (Å²) in [4.78, 5) is 12.0. The lowest BCUT2D eigenvalue weighted by molar-refractivity contribution is 0.0933. The summed E-state index contributed by atoms with van der Waals surface area (Å²) >= 11 is 0. The number of hydrogen-bond acceptors (Lipinski definition) is 3. The molecule has 1 aliphatic heterocycles. The summed E-state index contributed by atoms with van der Waals surface area (Å²) in [6, 6.07) is 11.2. The summed E-state index contributed by atoms with van der Waals surface area (Å²) < 4.78 is 24.1. The monoisotopic (exact) mass is 301 g/mol. The second kappa shape index (κ2) is 6.05. The number of nitrogens with one attached hydrogen (secondary N) is 1. The van der Waals surface area contributed by atoms with Crippen LogP contribution >= 0.6 is 0 Å². The van der Waals surface area contributed by atoms with E-state index in [2.05, 4.69) is 5.32 Å². The Balaban J connectivity index is 1.58. The minimum absolute atomic E-state index is 0.125. The zero-order valence-electron chi connectivity index (χ0n) is 12.1. The third-order valence-electron chi connectivity index (χ3n) is 3.59. The van der Waals surface area contributed by atoms with Gasteiger partial charge in [0.15, 0.2) is 0 Å². The van der Waals surface area contributed by atoms with Crippen molar-refractivity contribution < 1.29 is 18.7 Å². The fourth-order valence-corrected chi connectivity index (χ4v) is 2.48. The zero-order valence-corrected chi connectivity index (χ0v) is 12.1. The number of fused-ring (bicyclic) bond motifs is 1. The average molecular weight is 301 g/mol. The molecule has 22 heavy (non-hydrogen) atoms. The molecule has 5 heteroatoms. The number of ether oxygens (including phenoxy) is 2. The van der Waals surface area contributed by atoms with Gasteiger partial charge in [0, 0.05) is 17.5 Å². The predicted molar refractivity (Wildman–Crippen MR) is 79.8 cm³/mol. The first-order valence-corrected chi connectivity index (χ1v) is 7.03. The van der Waals surface area contributed by atoms with Crippen molar-refractivity contribution >= 4 is 5.91 Å². The number of carbonyl (C=O) groups excluding carboxylic acids is 1. The molecule has 0 spiro atoms. The molecule has 0 aliphatic carbocycles. The van der Waals surface area contributed by atoms with Gasteiger partial charge in [0.1, 0.15) is 23.4 Å². The van der Waals surface area contributed by atoms with Crippen molar-refractivity contribution in [2.45, 2.75) is 12.5 Å². The Hall–Kier alpha value is -2.56. The first kappa shape index (κ1) is 14.4. The Morgan fingerprint density at radius 3 is 3.00 bits per heavy atom. The van der Waals surface area contributed by atoms with Gasteiger partial charge < -0.3 is 14.8 Å². The van der Waals surface area contributed by atoms with Gasteiger partial charge in [-0.25, -0.2) is 4.39 Å². The van der Waals surface area contributed by atoms with Crippen LogP contribution in [0.3, 0.4) is 0 Å². The predicted octanol–water partition coefficient (Wildman–Crippen LogP) is 2.57. The smallest absolute Gasteiger partial charge is 0.251 e. The van der Waals surface area contributed by atoms with Crippen LogP contribution in [-0.4, -0.2) is 25.7 Å². The number of hydrogen-bond donors (Lipinski definition) is 1. The lowest BCUT2D eigenvalue weighted by Crippen LogP contribution is -2.34. The van der Waals surface area contributed by atoms with E-state index in [9.17, 15) is 9.18 Å². The fraction of sp³-hybridized carbons (Fsp3) is 0.235. The molecule has 4 nitrogen and oxygen atoms in total. The Morgan fingerprint density at radius 2 is 2.23 bits per heavy atom. The molecule has 1 N–H and O–H groups in total. The first-order chi connectivity index (χ1) is 10.7. The lowest BCUT2D eigenvalue weighted by Gasteiger charge is -2.12. The summed E-state index contributed by atoms with van der Waals surface area (Å²) in [6.07, 6.45) is 0.579. The largest absolute Gasteiger partial charge is 0.497 e. The summed E-state index contributed by atoms with van der Waals surface area (Å²) in [5.74, 6) is 0.860. The maximum absolute atomic E-state index is 13.1. The quantitative estimate of drug-likeness (QED) is 0.944. The highest BCUT2D eigenvalue weighted by Crippen LogP contribution is 2.31. The van der Waals surface area contributed by atoms with Crippen LogP contribution in [0.25, 0.3) is 0 Å². The Morgan fingerprint density at radius 1 is 1.36 bits per heavy atom. The average Bonchev–Trinajstić information content (AvgIpc) is 2.94. The molecule has 0 radical (unpaired) electrons. The molecule has 114 valence electrons. The summed E-state index contributed by atoms with van der Waals surface area (Å²) in [7, 11) is 1.62. The molecule has 0 saturated heterocycles. The van der Waals surface area contributed by atoms with Gasteiger partial charge in [0.05, 0.1) is 13.7 Å². The molecule has 1 amide bonds. The Bertz CT molecular complexity index is 702. The zero-order chi connectivity index (χ0) is 15.5. The number of benzene rings is 2. The number of methoxy groups -OCH3 is 1. The highest BCUT2D eigenvalue weighted by Gasteiger charge is 2.23. The van der Waals surface area contributed by atoms with Crippen LogP contribution in [0.15, 0.2) is 42.5 Å². The van der Waals surface area contributed by atoms with E-state index >= 15 is 0 Å². The van der Waals surface area contributed by atoms with Gasteiger partial charge in [-0.05, 0) is 36.4 Å². The topological polar surface area (TPSA) is 47.6 Å². The van der Waals surface area contributed by atoms with Crippen LogP contribution < -0.4 is 14.8 Å². The van der Waals surface area contributed by atoms with Gasteiger partial charge >= 0.3 is 0 Å². The molecule has 1 heterocycles. The van der Waals surface area contributed by atoms with Crippen molar-refractivity contribution in [2.24, 2.45) is 0 Å². The standard InChI is InChI=1S/C17H16FNO3/c1-21-14-5-6-16-12(8-14)9-15(22-16)10-19-17(20)11-3-2-4-13(18)7-11/h2-8,15H,9-10H2,1H3,(H,19,20)/t15-/m1/s1. The summed E-state index contributed by atoms with van der Waals surface area (Å²) in [6.45, 7) is 0.367. The van der Waals surface area contributed by atoms with Crippen LogP contribution in [0.2, 0.25) is 0 Å². The van der Waals surface area contributed by atoms with E-state index in [-0.39, 0.29) is 12.0 Å². The number of amides is 1. The van der Waals surface area contributed by atoms with Crippen molar-refractivity contribution in [1.29, 1.82) is 0 Å². The van der Waals surface area contributed by atoms with Crippen molar-refractivity contribution in [3.8, 4) is 11.5 Å². The minimum atomic E-state index is -0.427. The van der Waals surface area contributed by atoms with Crippen LogP contribution in [-0.2, 0) is 6.42 Å². The maximum Gasteiger partial charge on any atom is 0.251 e. The summed E-state index contributed by atoms with van der Waals surface area (Å²) in [5, 5.41) is 2.77. The summed E-state index contributed by atoms with van der Waals surface area (Å²) in [5.41, 5.74) is 1.36. The van der Waals surface area contributed by atoms with Crippen molar-refractivity contribution in [2.75, 3.05) is 13.7 Å². The Kier molecular flexibility index (Phi) is 3.96. The van der Waals surface area contributed by atoms with E-state index in [0.29, 0.717) is 18.5 Å². The second-order valence-corrected chi connectivity index (χ2v) is 5.14. The second-order valence-electron chi connectivity index (χ2n) is 5.14. The molecule has 1 atom stereocenters. The lowest BCUT2D eigenvalue weighted by atomic mass is 10.1. The Labute approximate surface area is 127 Å². The van der Waals surface area contributed by atoms with E-state index in [0.717, 1.165) is 17.1 Å². The third kappa shape index (κ3) is 3.03. The van der Waals surface area contributed by atoms with Gasteiger partial charge in [-0.3, -0.25) is 4.79 Å². The number of carbonyl (C=O) groups is 1. The molecule has 2 aromatic rings. The minimum Gasteiger partial charge on any atom is -0.497 e. The number of halogens is 1. The SMILES string of the molecule is COc1ccc2c(c1)C[C@H](CNC(=O)c1cccc(F)c1)O2. The van der Waals surface area contributed by atoms with E-state index in [1.165, 1.54) is 18.2 Å². The molecular weight excluding hydrogens is 285 g/mol. The molecule has 0 unspecified atom stereocenters. The third-order valence-corrected chi connectivity index (χ3v) is 3.59. The molecule has 0 fully saturated rings. The maximum atomic E-state index is 13.1. The van der Waals surface area contributed by atoms with E-state index in [4.69, 9.17) is 9.47 Å². The van der Waals surface area contributed by atoms with Crippen molar-refractivity contribution in [1.82, 2.24) is 5.32 Å². The molecular formula is C17H16FNO3. The highest BCUT2D eigenvalue weighted by atomic mass is 19.1. The molecule has 2 aromatic carbocycles. The van der Waals surface area contributed by atoms with E-state index < -0.39 is 5.82 Å².